The average molecular weight is 287 g/mol. The van der Waals surface area contributed by atoms with Crippen LogP contribution in [-0.2, 0) is 19.6 Å². The molecule has 2 heterocycles. The molecule has 0 aliphatic carbocycles. The Labute approximate surface area is 123 Å². The molecule has 1 aliphatic heterocycles. The largest absolute Gasteiger partial charge is 0.497 e. The summed E-state index contributed by atoms with van der Waals surface area (Å²) in [7, 11) is -0.00844. The van der Waals surface area contributed by atoms with Crippen molar-refractivity contribution in [3.8, 4) is 5.75 Å². The molecule has 1 aromatic heterocycles. The van der Waals surface area contributed by atoms with Crippen molar-refractivity contribution in [1.82, 2.24) is 14.5 Å². The summed E-state index contributed by atoms with van der Waals surface area (Å²) in [5, 5.41) is 18.8. The molecule has 1 aromatic carbocycles. The van der Waals surface area contributed by atoms with E-state index in [1.807, 2.05) is 18.5 Å². The van der Waals surface area contributed by atoms with Crippen molar-refractivity contribution in [1.29, 1.82) is 0 Å². The lowest BCUT2D eigenvalue weighted by Gasteiger charge is -2.27. The Hall–Kier alpha value is -1.83. The predicted octanol–water partition coefficient (Wildman–Crippen LogP) is -0.413. The van der Waals surface area contributed by atoms with Gasteiger partial charge in [-0.2, -0.15) is 0 Å². The van der Waals surface area contributed by atoms with E-state index in [1.54, 1.807) is 12.1 Å². The molecule has 1 aliphatic rings. The molecule has 0 bridgehead atoms. The Morgan fingerprint density at radius 3 is 2.95 bits per heavy atom. The van der Waals surface area contributed by atoms with E-state index in [0.717, 1.165) is 37.6 Å². The topological polar surface area (TPSA) is 70.8 Å². The molecule has 0 spiro atoms. The van der Waals surface area contributed by atoms with Crippen LogP contribution >= 0.6 is 0 Å². The van der Waals surface area contributed by atoms with Gasteiger partial charge in [-0.3, -0.25) is 4.90 Å². The Bertz CT molecular complexity index is 630. The summed E-state index contributed by atoms with van der Waals surface area (Å²) in [6.45, 7) is 3.43. The zero-order valence-electron chi connectivity index (χ0n) is 11.9. The Kier molecular flexibility index (Phi) is 3.96. The van der Waals surface area contributed by atoms with Gasteiger partial charge in [0.05, 0.1) is 13.7 Å². The molecule has 0 radical (unpaired) electrons. The molecule has 7 heteroatoms. The number of hydrogen-bond acceptors (Lipinski definition) is 5. The lowest BCUT2D eigenvalue weighted by molar-refractivity contribution is 0.209. The van der Waals surface area contributed by atoms with Crippen molar-refractivity contribution in [2.24, 2.45) is 0 Å². The van der Waals surface area contributed by atoms with Crippen LogP contribution in [0.3, 0.4) is 0 Å². The molecule has 21 heavy (non-hydrogen) atoms. The second-order valence-electron chi connectivity index (χ2n) is 5.20. The first kappa shape index (κ1) is 14.1. The fourth-order valence-corrected chi connectivity index (χ4v) is 2.70. The van der Waals surface area contributed by atoms with Crippen molar-refractivity contribution in [2.75, 3.05) is 13.7 Å². The number of rotatable bonds is 4. The third-order valence-corrected chi connectivity index (χ3v) is 3.80. The van der Waals surface area contributed by atoms with E-state index >= 15 is 0 Å². The summed E-state index contributed by atoms with van der Waals surface area (Å²) in [6, 6.07) is 5.51. The molecule has 3 rings (SSSR count). The maximum Gasteiger partial charge on any atom is 0.492 e. The molecule has 6 nitrogen and oxygen atoms in total. The minimum atomic E-state index is -1.53. The third kappa shape index (κ3) is 2.95. The van der Waals surface area contributed by atoms with Gasteiger partial charge < -0.3 is 19.4 Å². The van der Waals surface area contributed by atoms with Crippen LogP contribution in [0.4, 0.5) is 0 Å². The standard InChI is InChI=1S/C14H18BN3O3/c1-21-13-3-2-11(8-12(13)15(19)20)9-17-6-7-18-5-4-16-14(18)10-17/h2-5,8,19-20H,6-7,9-10H2,1H3. The number of hydrogen-bond donors (Lipinski definition) is 2. The van der Waals surface area contributed by atoms with Gasteiger partial charge in [-0.1, -0.05) is 12.1 Å². The minimum Gasteiger partial charge on any atom is -0.497 e. The quantitative estimate of drug-likeness (QED) is 0.748. The number of nitrogens with zero attached hydrogens (tertiary/aromatic N) is 3. The maximum atomic E-state index is 9.42. The van der Waals surface area contributed by atoms with Crippen LogP contribution in [0.2, 0.25) is 0 Å². The van der Waals surface area contributed by atoms with Crippen molar-refractivity contribution >= 4 is 12.6 Å². The van der Waals surface area contributed by atoms with E-state index in [-0.39, 0.29) is 0 Å². The second-order valence-corrected chi connectivity index (χ2v) is 5.20. The van der Waals surface area contributed by atoms with Gasteiger partial charge in [-0.05, 0) is 11.6 Å². The third-order valence-electron chi connectivity index (χ3n) is 3.80. The molecular formula is C14H18BN3O3. The van der Waals surface area contributed by atoms with Gasteiger partial charge in [0.25, 0.3) is 0 Å². The molecular weight excluding hydrogens is 269 g/mol. The van der Waals surface area contributed by atoms with Crippen LogP contribution in [0.15, 0.2) is 30.6 Å². The van der Waals surface area contributed by atoms with Gasteiger partial charge in [-0.15, -0.1) is 0 Å². The molecule has 2 N–H and O–H groups in total. The van der Waals surface area contributed by atoms with Crippen LogP contribution in [0.25, 0.3) is 0 Å². The molecule has 2 aromatic rings. The number of methoxy groups -OCH3 is 1. The van der Waals surface area contributed by atoms with Crippen LogP contribution in [0.1, 0.15) is 11.4 Å². The van der Waals surface area contributed by atoms with Gasteiger partial charge in [0.2, 0.25) is 0 Å². The molecule has 0 fully saturated rings. The Morgan fingerprint density at radius 1 is 1.33 bits per heavy atom. The molecule has 0 saturated heterocycles. The predicted molar refractivity (Wildman–Crippen MR) is 79.2 cm³/mol. The van der Waals surface area contributed by atoms with Gasteiger partial charge in [-0.25, -0.2) is 4.98 Å². The van der Waals surface area contributed by atoms with E-state index in [1.165, 1.54) is 7.11 Å². The molecule has 0 atom stereocenters. The highest BCUT2D eigenvalue weighted by atomic mass is 16.5. The van der Waals surface area contributed by atoms with E-state index in [0.29, 0.717) is 11.2 Å². The van der Waals surface area contributed by atoms with Crippen molar-refractivity contribution in [2.45, 2.75) is 19.6 Å². The smallest absolute Gasteiger partial charge is 0.492 e. The lowest BCUT2D eigenvalue weighted by atomic mass is 9.78. The summed E-state index contributed by atoms with van der Waals surface area (Å²) in [6.07, 6.45) is 3.83. The summed E-state index contributed by atoms with van der Waals surface area (Å²) in [5.74, 6) is 1.56. The Balaban J connectivity index is 1.75. The minimum absolute atomic E-state index is 0.397. The first-order valence-electron chi connectivity index (χ1n) is 6.92. The number of fused-ring (bicyclic) bond motifs is 1. The fourth-order valence-electron chi connectivity index (χ4n) is 2.70. The van der Waals surface area contributed by atoms with Crippen molar-refractivity contribution in [3.05, 3.63) is 42.0 Å². The normalized spacial score (nSPS) is 14.8. The van der Waals surface area contributed by atoms with Crippen molar-refractivity contribution < 1.29 is 14.8 Å². The first-order chi connectivity index (χ1) is 10.2. The summed E-state index contributed by atoms with van der Waals surface area (Å²) < 4.78 is 7.30. The zero-order chi connectivity index (χ0) is 14.8. The van der Waals surface area contributed by atoms with E-state index in [2.05, 4.69) is 14.5 Å². The monoisotopic (exact) mass is 287 g/mol. The van der Waals surface area contributed by atoms with Gasteiger partial charge in [0.15, 0.2) is 0 Å². The summed E-state index contributed by atoms with van der Waals surface area (Å²) >= 11 is 0. The SMILES string of the molecule is COc1ccc(CN2CCn3ccnc3C2)cc1B(O)O. The van der Waals surface area contributed by atoms with Crippen molar-refractivity contribution in [3.63, 3.8) is 0 Å². The summed E-state index contributed by atoms with van der Waals surface area (Å²) in [5.41, 5.74) is 1.42. The average Bonchev–Trinajstić information content (AvgIpc) is 2.94. The lowest BCUT2D eigenvalue weighted by Crippen LogP contribution is -2.35. The highest BCUT2D eigenvalue weighted by Crippen LogP contribution is 2.16. The van der Waals surface area contributed by atoms with Crippen LogP contribution in [-0.4, -0.2) is 45.3 Å². The molecule has 0 saturated carbocycles. The van der Waals surface area contributed by atoms with Gasteiger partial charge in [0.1, 0.15) is 11.6 Å². The van der Waals surface area contributed by atoms with Gasteiger partial charge >= 0.3 is 7.12 Å². The second kappa shape index (κ2) is 5.89. The van der Waals surface area contributed by atoms with Crippen LogP contribution < -0.4 is 10.2 Å². The molecule has 0 amide bonds. The fraction of sp³-hybridized carbons (Fsp3) is 0.357. The number of aromatic nitrogens is 2. The number of benzene rings is 1. The molecule has 0 unspecified atom stereocenters. The van der Waals surface area contributed by atoms with Crippen LogP contribution in [0, 0.1) is 0 Å². The number of ether oxygens (including phenoxy) is 1. The summed E-state index contributed by atoms with van der Waals surface area (Å²) in [4.78, 5) is 6.63. The van der Waals surface area contributed by atoms with E-state index < -0.39 is 7.12 Å². The maximum absolute atomic E-state index is 9.42. The van der Waals surface area contributed by atoms with E-state index in [9.17, 15) is 10.0 Å². The number of imidazole rings is 1. The first-order valence-corrected chi connectivity index (χ1v) is 6.92. The highest BCUT2D eigenvalue weighted by molar-refractivity contribution is 6.59. The molecule has 110 valence electrons. The highest BCUT2D eigenvalue weighted by Gasteiger charge is 2.20. The Morgan fingerprint density at radius 2 is 2.19 bits per heavy atom. The van der Waals surface area contributed by atoms with Gasteiger partial charge in [0, 0.05) is 37.5 Å². The van der Waals surface area contributed by atoms with Crippen LogP contribution in [0.5, 0.6) is 5.75 Å². The zero-order valence-corrected chi connectivity index (χ0v) is 11.9. The van der Waals surface area contributed by atoms with E-state index in [4.69, 9.17) is 4.74 Å².